The number of hydrogen-bond acceptors (Lipinski definition) is 6. The predicted molar refractivity (Wildman–Crippen MR) is 116 cm³/mol. The van der Waals surface area contributed by atoms with Gasteiger partial charge >= 0.3 is 0 Å². The molecule has 0 bridgehead atoms. The fraction of sp³-hybridized carbons (Fsp3) is 0.500. The van der Waals surface area contributed by atoms with Crippen LogP contribution in [-0.4, -0.2) is 67.5 Å². The molecule has 0 radical (unpaired) electrons. The zero-order valence-electron chi connectivity index (χ0n) is 17.9. The van der Waals surface area contributed by atoms with Gasteiger partial charge in [-0.15, -0.1) is 0 Å². The van der Waals surface area contributed by atoms with Gasteiger partial charge in [-0.05, 0) is 43.7 Å². The highest BCUT2D eigenvalue weighted by Gasteiger charge is 2.26. The summed E-state index contributed by atoms with van der Waals surface area (Å²) >= 11 is 0. The molecule has 2 aliphatic rings. The fourth-order valence-corrected chi connectivity index (χ4v) is 3.93. The molecule has 162 valence electrons. The Morgan fingerprint density at radius 3 is 2.83 bits per heavy atom. The van der Waals surface area contributed by atoms with E-state index in [1.165, 1.54) is 18.4 Å². The third-order valence-electron chi connectivity index (χ3n) is 5.76. The zero-order valence-corrected chi connectivity index (χ0v) is 17.9. The predicted octanol–water partition coefficient (Wildman–Crippen LogP) is 2.92. The Kier molecular flexibility index (Phi) is 6.77. The molecule has 1 atom stereocenters. The van der Waals surface area contributed by atoms with Crippen molar-refractivity contribution >= 4 is 0 Å². The van der Waals surface area contributed by atoms with Gasteiger partial charge < -0.3 is 19.3 Å². The van der Waals surface area contributed by atoms with Crippen molar-refractivity contribution in [1.29, 1.82) is 0 Å². The van der Waals surface area contributed by atoms with E-state index in [2.05, 4.69) is 29.0 Å². The number of rotatable bonds is 9. The van der Waals surface area contributed by atoms with E-state index in [9.17, 15) is 5.11 Å². The molecule has 6 nitrogen and oxygen atoms in total. The molecule has 0 amide bonds. The van der Waals surface area contributed by atoms with Crippen molar-refractivity contribution in [2.45, 2.75) is 38.1 Å². The molecule has 2 aromatic carbocycles. The Morgan fingerprint density at radius 1 is 1.20 bits per heavy atom. The molecule has 1 saturated carbocycles. The number of ether oxygens (including phenoxy) is 3. The number of aliphatic hydroxyl groups is 1. The van der Waals surface area contributed by atoms with Gasteiger partial charge in [0.1, 0.15) is 25.1 Å². The number of methoxy groups -OCH3 is 1. The van der Waals surface area contributed by atoms with Gasteiger partial charge in [-0.25, -0.2) is 0 Å². The van der Waals surface area contributed by atoms with Crippen molar-refractivity contribution < 1.29 is 19.3 Å². The molecular formula is C24H32N2O4. The van der Waals surface area contributed by atoms with Gasteiger partial charge in [-0.1, -0.05) is 24.3 Å². The number of para-hydroxylation sites is 1. The lowest BCUT2D eigenvalue weighted by atomic mass is 10.2. The molecule has 0 spiro atoms. The Labute approximate surface area is 179 Å². The van der Waals surface area contributed by atoms with E-state index in [1.807, 2.05) is 30.3 Å². The lowest BCUT2D eigenvalue weighted by molar-refractivity contribution is 0.0628. The molecule has 6 heteroatoms. The van der Waals surface area contributed by atoms with Crippen LogP contribution in [0.2, 0.25) is 0 Å². The third kappa shape index (κ3) is 5.45. The average Bonchev–Trinajstić information content (AvgIpc) is 3.60. The number of hydrogen-bond donors (Lipinski definition) is 1. The van der Waals surface area contributed by atoms with Crippen molar-refractivity contribution in [3.8, 4) is 17.2 Å². The van der Waals surface area contributed by atoms with E-state index in [1.54, 1.807) is 7.11 Å². The number of aliphatic hydroxyl groups excluding tert-OH is 1. The fourth-order valence-electron chi connectivity index (χ4n) is 3.93. The van der Waals surface area contributed by atoms with Crippen LogP contribution in [0.4, 0.5) is 0 Å². The molecular weight excluding hydrogens is 380 g/mol. The van der Waals surface area contributed by atoms with Crippen LogP contribution in [0.5, 0.6) is 17.2 Å². The number of benzene rings is 2. The van der Waals surface area contributed by atoms with Gasteiger partial charge in [-0.3, -0.25) is 9.80 Å². The summed E-state index contributed by atoms with van der Waals surface area (Å²) in [4.78, 5) is 4.58. The van der Waals surface area contributed by atoms with Crippen LogP contribution < -0.4 is 14.2 Å². The number of fused-ring (bicyclic) bond motifs is 1. The topological polar surface area (TPSA) is 54.4 Å². The quantitative estimate of drug-likeness (QED) is 0.684. The van der Waals surface area contributed by atoms with Crippen molar-refractivity contribution in [2.24, 2.45) is 0 Å². The standard InChI is InChI=1S/C24H32N2O4/c1-25(20-8-9-20)14-18-7-10-23(24(13-18)28-2)30-17-21(27)16-26-11-12-29-22-6-4-3-5-19(22)15-26/h3-7,10,13,20-21,27H,8-9,11-12,14-17H2,1-2H3. The summed E-state index contributed by atoms with van der Waals surface area (Å²) in [6, 6.07) is 14.8. The Morgan fingerprint density at radius 2 is 2.03 bits per heavy atom. The Hall–Kier alpha value is -2.28. The monoisotopic (exact) mass is 412 g/mol. The zero-order chi connectivity index (χ0) is 20.9. The largest absolute Gasteiger partial charge is 0.493 e. The second kappa shape index (κ2) is 9.69. The van der Waals surface area contributed by atoms with Gasteiger partial charge in [0.2, 0.25) is 0 Å². The third-order valence-corrected chi connectivity index (χ3v) is 5.76. The highest BCUT2D eigenvalue weighted by Crippen LogP contribution is 2.31. The summed E-state index contributed by atoms with van der Waals surface area (Å²) in [7, 11) is 3.82. The van der Waals surface area contributed by atoms with Crippen LogP contribution in [0.1, 0.15) is 24.0 Å². The van der Waals surface area contributed by atoms with Crippen LogP contribution in [0.3, 0.4) is 0 Å². The highest BCUT2D eigenvalue weighted by atomic mass is 16.5. The van der Waals surface area contributed by atoms with Crippen molar-refractivity contribution in [3.05, 3.63) is 53.6 Å². The molecule has 1 aliphatic heterocycles. The smallest absolute Gasteiger partial charge is 0.161 e. The summed E-state index contributed by atoms with van der Waals surface area (Å²) in [5.41, 5.74) is 2.36. The summed E-state index contributed by atoms with van der Waals surface area (Å²) in [5, 5.41) is 10.6. The van der Waals surface area contributed by atoms with Gasteiger partial charge in [0, 0.05) is 37.8 Å². The average molecular weight is 413 g/mol. The summed E-state index contributed by atoms with van der Waals surface area (Å²) < 4.78 is 17.2. The first-order valence-electron chi connectivity index (χ1n) is 10.7. The first-order chi connectivity index (χ1) is 14.6. The SMILES string of the molecule is COc1cc(CN(C)C2CC2)ccc1OCC(O)CN1CCOc2ccccc2C1. The second-order valence-electron chi connectivity index (χ2n) is 8.29. The van der Waals surface area contributed by atoms with Crippen LogP contribution in [0, 0.1) is 0 Å². The maximum atomic E-state index is 10.6. The highest BCUT2D eigenvalue weighted by molar-refractivity contribution is 5.43. The van der Waals surface area contributed by atoms with E-state index in [0.717, 1.165) is 37.0 Å². The van der Waals surface area contributed by atoms with Crippen molar-refractivity contribution in [3.63, 3.8) is 0 Å². The molecule has 30 heavy (non-hydrogen) atoms. The second-order valence-corrected chi connectivity index (χ2v) is 8.29. The molecule has 4 rings (SSSR count). The van der Waals surface area contributed by atoms with Crippen LogP contribution >= 0.6 is 0 Å². The summed E-state index contributed by atoms with van der Waals surface area (Å²) in [6.45, 7) is 3.82. The maximum Gasteiger partial charge on any atom is 0.161 e. The van der Waals surface area contributed by atoms with Crippen LogP contribution in [-0.2, 0) is 13.1 Å². The molecule has 1 N–H and O–H groups in total. The van der Waals surface area contributed by atoms with E-state index in [4.69, 9.17) is 14.2 Å². The first kappa shape index (κ1) is 21.0. The maximum absolute atomic E-state index is 10.6. The van der Waals surface area contributed by atoms with E-state index in [0.29, 0.717) is 24.7 Å². The van der Waals surface area contributed by atoms with E-state index >= 15 is 0 Å². The number of nitrogens with zero attached hydrogens (tertiary/aromatic N) is 2. The van der Waals surface area contributed by atoms with Crippen LogP contribution in [0.25, 0.3) is 0 Å². The normalized spacial score (nSPS) is 17.7. The molecule has 0 aromatic heterocycles. The summed E-state index contributed by atoms with van der Waals surface area (Å²) in [5.74, 6) is 2.31. The minimum absolute atomic E-state index is 0.219. The van der Waals surface area contributed by atoms with E-state index < -0.39 is 6.10 Å². The molecule has 1 aliphatic carbocycles. The molecule has 2 aromatic rings. The minimum Gasteiger partial charge on any atom is -0.493 e. The Balaban J connectivity index is 1.30. The lowest BCUT2D eigenvalue weighted by Gasteiger charge is -2.23. The number of β-amino-alcohol motifs (C(OH)–C–C–N with tert-alkyl or cyclic N) is 1. The Bertz CT molecular complexity index is 840. The van der Waals surface area contributed by atoms with Gasteiger partial charge in [0.25, 0.3) is 0 Å². The van der Waals surface area contributed by atoms with Crippen molar-refractivity contribution in [1.82, 2.24) is 9.80 Å². The van der Waals surface area contributed by atoms with E-state index in [-0.39, 0.29) is 6.61 Å². The van der Waals surface area contributed by atoms with Gasteiger partial charge in [0.15, 0.2) is 11.5 Å². The summed E-state index contributed by atoms with van der Waals surface area (Å²) in [6.07, 6.45) is 1.99. The first-order valence-corrected chi connectivity index (χ1v) is 10.7. The van der Waals surface area contributed by atoms with Crippen molar-refractivity contribution in [2.75, 3.05) is 40.5 Å². The van der Waals surface area contributed by atoms with Gasteiger partial charge in [-0.2, -0.15) is 0 Å². The molecule has 1 heterocycles. The van der Waals surface area contributed by atoms with Gasteiger partial charge in [0.05, 0.1) is 7.11 Å². The lowest BCUT2D eigenvalue weighted by Crippen LogP contribution is -2.36. The molecule has 1 unspecified atom stereocenters. The molecule has 1 fully saturated rings. The molecule has 0 saturated heterocycles. The minimum atomic E-state index is -0.597. The van der Waals surface area contributed by atoms with Crippen LogP contribution in [0.15, 0.2) is 42.5 Å².